The van der Waals surface area contributed by atoms with E-state index in [1.54, 1.807) is 6.20 Å². The molecule has 0 fully saturated rings. The summed E-state index contributed by atoms with van der Waals surface area (Å²) in [7, 11) is 0. The van der Waals surface area contributed by atoms with E-state index in [0.717, 1.165) is 25.3 Å². The van der Waals surface area contributed by atoms with E-state index in [9.17, 15) is 0 Å². The van der Waals surface area contributed by atoms with Gasteiger partial charge in [0.1, 0.15) is 11.9 Å². The molecule has 20 heavy (non-hydrogen) atoms. The number of hydrogen-bond donors (Lipinski definition) is 1. The van der Waals surface area contributed by atoms with Crippen LogP contribution in [0.4, 0.5) is 0 Å². The van der Waals surface area contributed by atoms with Gasteiger partial charge in [-0.15, -0.1) is 0 Å². The molecule has 106 valence electrons. The summed E-state index contributed by atoms with van der Waals surface area (Å²) in [5, 5.41) is 3.42. The zero-order chi connectivity index (χ0) is 14.2. The summed E-state index contributed by atoms with van der Waals surface area (Å²) in [5.41, 5.74) is 2.44. The fourth-order valence-electron chi connectivity index (χ4n) is 1.96. The fraction of sp³-hybridized carbons (Fsp3) is 0.353. The van der Waals surface area contributed by atoms with Gasteiger partial charge in [0.2, 0.25) is 0 Å². The molecule has 0 saturated carbocycles. The van der Waals surface area contributed by atoms with Crippen LogP contribution in [0.1, 0.15) is 24.5 Å². The first kappa shape index (κ1) is 14.5. The third kappa shape index (κ3) is 4.67. The summed E-state index contributed by atoms with van der Waals surface area (Å²) in [6.45, 7) is 5.88. The maximum atomic E-state index is 5.98. The maximum absolute atomic E-state index is 5.98. The first-order valence-electron chi connectivity index (χ1n) is 7.11. The summed E-state index contributed by atoms with van der Waals surface area (Å²) >= 11 is 0. The van der Waals surface area contributed by atoms with E-state index in [1.165, 1.54) is 11.1 Å². The molecule has 0 aliphatic rings. The van der Waals surface area contributed by atoms with E-state index < -0.39 is 0 Å². The van der Waals surface area contributed by atoms with Crippen LogP contribution >= 0.6 is 0 Å². The van der Waals surface area contributed by atoms with Gasteiger partial charge in [-0.1, -0.05) is 30.7 Å². The summed E-state index contributed by atoms with van der Waals surface area (Å²) < 4.78 is 5.98. The first-order chi connectivity index (χ1) is 9.78. The largest absolute Gasteiger partial charge is 0.489 e. The Morgan fingerprint density at radius 1 is 1.20 bits per heavy atom. The Balaban J connectivity index is 1.79. The topological polar surface area (TPSA) is 34.2 Å². The Morgan fingerprint density at radius 3 is 2.65 bits per heavy atom. The van der Waals surface area contributed by atoms with Gasteiger partial charge in [-0.25, -0.2) is 0 Å². The third-order valence-electron chi connectivity index (χ3n) is 3.20. The summed E-state index contributed by atoms with van der Waals surface area (Å²) in [6.07, 6.45) is 4.84. The molecule has 1 aromatic carbocycles. The van der Waals surface area contributed by atoms with Crippen molar-refractivity contribution in [3.63, 3.8) is 0 Å². The van der Waals surface area contributed by atoms with Crippen LogP contribution in [-0.2, 0) is 6.54 Å². The van der Waals surface area contributed by atoms with Crippen LogP contribution in [0, 0.1) is 6.92 Å². The monoisotopic (exact) mass is 270 g/mol. The SMILES string of the molecule is CCC(CNCc1cccnc1)Oc1ccc(C)cc1. The second-order valence-corrected chi connectivity index (χ2v) is 4.95. The average Bonchev–Trinajstić information content (AvgIpc) is 2.49. The average molecular weight is 270 g/mol. The lowest BCUT2D eigenvalue weighted by molar-refractivity contribution is 0.193. The maximum Gasteiger partial charge on any atom is 0.119 e. The molecule has 1 unspecified atom stereocenters. The van der Waals surface area contributed by atoms with Gasteiger partial charge in [0, 0.05) is 25.5 Å². The summed E-state index contributed by atoms with van der Waals surface area (Å²) in [5.74, 6) is 0.936. The number of benzene rings is 1. The van der Waals surface area contributed by atoms with Gasteiger partial charge < -0.3 is 10.1 Å². The molecule has 0 aliphatic heterocycles. The summed E-state index contributed by atoms with van der Waals surface area (Å²) in [6, 6.07) is 12.2. The first-order valence-corrected chi connectivity index (χ1v) is 7.11. The lowest BCUT2D eigenvalue weighted by atomic mass is 10.2. The normalized spacial score (nSPS) is 12.1. The highest BCUT2D eigenvalue weighted by Crippen LogP contribution is 2.14. The molecule has 1 N–H and O–H groups in total. The number of aromatic nitrogens is 1. The highest BCUT2D eigenvalue weighted by atomic mass is 16.5. The molecule has 0 amide bonds. The van der Waals surface area contributed by atoms with Gasteiger partial charge in [-0.3, -0.25) is 4.98 Å². The lowest BCUT2D eigenvalue weighted by Crippen LogP contribution is -2.30. The molecule has 0 radical (unpaired) electrons. The van der Waals surface area contributed by atoms with Gasteiger partial charge in [0.25, 0.3) is 0 Å². The minimum absolute atomic E-state index is 0.189. The van der Waals surface area contributed by atoms with Crippen LogP contribution in [0.15, 0.2) is 48.8 Å². The fourth-order valence-corrected chi connectivity index (χ4v) is 1.96. The van der Waals surface area contributed by atoms with Gasteiger partial charge in [0.05, 0.1) is 0 Å². The second kappa shape index (κ2) is 7.65. The van der Waals surface area contributed by atoms with Crippen molar-refractivity contribution in [2.24, 2.45) is 0 Å². The molecule has 2 aromatic rings. The van der Waals surface area contributed by atoms with Crippen LogP contribution in [0.2, 0.25) is 0 Å². The minimum Gasteiger partial charge on any atom is -0.489 e. The van der Waals surface area contributed by atoms with E-state index >= 15 is 0 Å². The highest BCUT2D eigenvalue weighted by Gasteiger charge is 2.07. The predicted molar refractivity (Wildman–Crippen MR) is 81.8 cm³/mol. The molecule has 1 aromatic heterocycles. The van der Waals surface area contributed by atoms with Crippen molar-refractivity contribution in [3.8, 4) is 5.75 Å². The number of hydrogen-bond acceptors (Lipinski definition) is 3. The van der Waals surface area contributed by atoms with Crippen molar-refractivity contribution in [1.29, 1.82) is 0 Å². The van der Waals surface area contributed by atoms with Crippen molar-refractivity contribution in [2.45, 2.75) is 32.9 Å². The Kier molecular flexibility index (Phi) is 5.56. The molecule has 0 bridgehead atoms. The van der Waals surface area contributed by atoms with E-state index in [1.807, 2.05) is 24.4 Å². The Bertz CT molecular complexity index is 496. The van der Waals surface area contributed by atoms with Crippen molar-refractivity contribution in [3.05, 3.63) is 59.9 Å². The smallest absolute Gasteiger partial charge is 0.119 e. The lowest BCUT2D eigenvalue weighted by Gasteiger charge is -2.18. The number of ether oxygens (including phenoxy) is 1. The van der Waals surface area contributed by atoms with E-state index in [4.69, 9.17) is 4.74 Å². The molecular weight excluding hydrogens is 248 g/mol. The van der Waals surface area contributed by atoms with E-state index in [2.05, 4.69) is 42.3 Å². The van der Waals surface area contributed by atoms with Crippen molar-refractivity contribution in [2.75, 3.05) is 6.54 Å². The van der Waals surface area contributed by atoms with Crippen molar-refractivity contribution in [1.82, 2.24) is 10.3 Å². The quantitative estimate of drug-likeness (QED) is 0.838. The van der Waals surface area contributed by atoms with Gasteiger partial charge >= 0.3 is 0 Å². The molecule has 2 rings (SSSR count). The molecule has 3 nitrogen and oxygen atoms in total. The van der Waals surface area contributed by atoms with Crippen LogP contribution in [0.25, 0.3) is 0 Å². The van der Waals surface area contributed by atoms with Gasteiger partial charge in [0.15, 0.2) is 0 Å². The number of aryl methyl sites for hydroxylation is 1. The van der Waals surface area contributed by atoms with Crippen molar-refractivity contribution < 1.29 is 4.74 Å². The van der Waals surface area contributed by atoms with Gasteiger partial charge in [-0.2, -0.15) is 0 Å². The minimum atomic E-state index is 0.189. The zero-order valence-corrected chi connectivity index (χ0v) is 12.2. The molecule has 1 atom stereocenters. The van der Waals surface area contributed by atoms with Crippen molar-refractivity contribution >= 4 is 0 Å². The van der Waals surface area contributed by atoms with Crippen LogP contribution in [-0.4, -0.2) is 17.6 Å². The van der Waals surface area contributed by atoms with E-state index in [0.29, 0.717) is 0 Å². The molecule has 0 spiro atoms. The highest BCUT2D eigenvalue weighted by molar-refractivity contribution is 5.26. The summed E-state index contributed by atoms with van der Waals surface area (Å²) in [4.78, 5) is 4.11. The van der Waals surface area contributed by atoms with E-state index in [-0.39, 0.29) is 6.10 Å². The molecule has 0 aliphatic carbocycles. The Morgan fingerprint density at radius 2 is 2.00 bits per heavy atom. The number of nitrogens with zero attached hydrogens (tertiary/aromatic N) is 1. The van der Waals surface area contributed by atoms with Crippen LogP contribution in [0.5, 0.6) is 5.75 Å². The Labute approximate surface area is 121 Å². The third-order valence-corrected chi connectivity index (χ3v) is 3.20. The molecule has 1 heterocycles. The number of pyridine rings is 1. The molecule has 3 heteroatoms. The predicted octanol–water partition coefficient (Wildman–Crippen LogP) is 3.34. The second-order valence-electron chi connectivity index (χ2n) is 4.95. The zero-order valence-electron chi connectivity index (χ0n) is 12.2. The standard InChI is InChI=1S/C17H22N2O/c1-3-16(20-17-8-6-14(2)7-9-17)13-19-12-15-5-4-10-18-11-15/h4-11,16,19H,3,12-13H2,1-2H3. The molecular formula is C17H22N2O. The molecule has 0 saturated heterocycles. The Hall–Kier alpha value is -1.87. The van der Waals surface area contributed by atoms with Crippen LogP contribution < -0.4 is 10.1 Å². The number of rotatable bonds is 7. The van der Waals surface area contributed by atoms with Crippen LogP contribution in [0.3, 0.4) is 0 Å². The van der Waals surface area contributed by atoms with Gasteiger partial charge in [-0.05, 0) is 37.1 Å². The number of nitrogens with one attached hydrogen (secondary N) is 1.